The number of alkyl halides is 3. The Kier molecular flexibility index (Phi) is 6.05. The van der Waals surface area contributed by atoms with Gasteiger partial charge in [-0.3, -0.25) is 4.79 Å². The Hall–Kier alpha value is -1.72. The molecule has 0 heterocycles. The van der Waals surface area contributed by atoms with Crippen molar-refractivity contribution in [3.8, 4) is 0 Å². The lowest BCUT2D eigenvalue weighted by molar-refractivity contribution is -0.140. The van der Waals surface area contributed by atoms with E-state index in [0.717, 1.165) is 25.0 Å². The molecule has 1 aromatic rings. The third-order valence-corrected chi connectivity index (χ3v) is 3.26. The topological polar surface area (TPSA) is 40.5 Å². The second kappa shape index (κ2) is 7.33. The first-order valence-corrected chi connectivity index (χ1v) is 6.90. The van der Waals surface area contributed by atoms with Gasteiger partial charge in [0.2, 0.25) is 0 Å². The van der Waals surface area contributed by atoms with Crippen molar-refractivity contribution in [1.82, 2.24) is 0 Å². The lowest BCUT2D eigenvalue weighted by Gasteiger charge is -2.27. The van der Waals surface area contributed by atoms with E-state index in [1.54, 1.807) is 6.92 Å². The molecular formula is C15H20F3NO2. The molecule has 0 spiro atoms. The van der Waals surface area contributed by atoms with E-state index >= 15 is 0 Å². The van der Waals surface area contributed by atoms with Crippen molar-refractivity contribution in [2.24, 2.45) is 5.92 Å². The van der Waals surface area contributed by atoms with Gasteiger partial charge in [-0.2, -0.15) is 13.2 Å². The summed E-state index contributed by atoms with van der Waals surface area (Å²) in [5.41, 5.74) is -0.0856. The molecule has 0 aliphatic carbocycles. The van der Waals surface area contributed by atoms with Crippen LogP contribution in [0.15, 0.2) is 24.3 Å². The van der Waals surface area contributed by atoms with Crippen molar-refractivity contribution < 1.29 is 23.1 Å². The van der Waals surface area contributed by atoms with Crippen LogP contribution in [0.4, 0.5) is 18.9 Å². The minimum atomic E-state index is -4.36. The van der Waals surface area contributed by atoms with Crippen LogP contribution < -0.4 is 4.90 Å². The molecule has 21 heavy (non-hydrogen) atoms. The van der Waals surface area contributed by atoms with E-state index in [-0.39, 0.29) is 6.54 Å². The first-order chi connectivity index (χ1) is 9.75. The minimum absolute atomic E-state index is 0.278. The highest BCUT2D eigenvalue weighted by molar-refractivity contribution is 5.70. The van der Waals surface area contributed by atoms with Crippen LogP contribution >= 0.6 is 0 Å². The Morgan fingerprint density at radius 3 is 2.29 bits per heavy atom. The molecule has 118 valence electrons. The molecule has 1 atom stereocenters. The van der Waals surface area contributed by atoms with Crippen molar-refractivity contribution >= 4 is 11.7 Å². The van der Waals surface area contributed by atoms with Crippen LogP contribution in [0.1, 0.15) is 32.3 Å². The highest BCUT2D eigenvalue weighted by Gasteiger charge is 2.30. The summed E-state index contributed by atoms with van der Waals surface area (Å²) in [7, 11) is 0. The second-order valence-electron chi connectivity index (χ2n) is 5.08. The van der Waals surface area contributed by atoms with Gasteiger partial charge in [-0.1, -0.05) is 20.3 Å². The number of aliphatic carboxylic acids is 1. The van der Waals surface area contributed by atoms with Gasteiger partial charge >= 0.3 is 12.1 Å². The van der Waals surface area contributed by atoms with Crippen molar-refractivity contribution in [2.45, 2.75) is 32.9 Å². The standard InChI is InChI=1S/C15H20F3NO2/c1-3-4-9-19(10-11(2)14(20)21)13-7-5-12(6-8-13)15(16,17)18/h5-8,11H,3-4,9-10H2,1-2H3,(H,20,21). The number of hydrogen-bond acceptors (Lipinski definition) is 2. The number of anilines is 1. The molecular weight excluding hydrogens is 283 g/mol. The summed E-state index contributed by atoms with van der Waals surface area (Å²) in [5, 5.41) is 8.98. The predicted molar refractivity (Wildman–Crippen MR) is 75.4 cm³/mol. The van der Waals surface area contributed by atoms with Crippen molar-refractivity contribution in [3.05, 3.63) is 29.8 Å². The maximum atomic E-state index is 12.5. The zero-order valence-electron chi connectivity index (χ0n) is 12.2. The number of halogens is 3. The molecule has 1 rings (SSSR count). The van der Waals surface area contributed by atoms with Crippen LogP contribution in [0.5, 0.6) is 0 Å². The number of benzene rings is 1. The maximum absolute atomic E-state index is 12.5. The number of hydrogen-bond donors (Lipinski definition) is 1. The SMILES string of the molecule is CCCCN(CC(C)C(=O)O)c1ccc(C(F)(F)F)cc1. The molecule has 1 aromatic carbocycles. The van der Waals surface area contributed by atoms with Crippen LogP contribution in [-0.2, 0) is 11.0 Å². The molecule has 6 heteroatoms. The van der Waals surface area contributed by atoms with Crippen LogP contribution in [0, 0.1) is 5.92 Å². The number of carboxylic acid groups (broad SMARTS) is 1. The van der Waals surface area contributed by atoms with Gasteiger partial charge in [0.1, 0.15) is 0 Å². The van der Waals surface area contributed by atoms with E-state index < -0.39 is 23.6 Å². The van der Waals surface area contributed by atoms with E-state index in [1.807, 2.05) is 11.8 Å². The Labute approximate surface area is 122 Å². The van der Waals surface area contributed by atoms with Gasteiger partial charge in [-0.05, 0) is 30.7 Å². The summed E-state index contributed by atoms with van der Waals surface area (Å²) in [4.78, 5) is 12.8. The molecule has 1 N–H and O–H groups in total. The van der Waals surface area contributed by atoms with E-state index in [1.165, 1.54) is 12.1 Å². The van der Waals surface area contributed by atoms with Gasteiger partial charge in [0.25, 0.3) is 0 Å². The van der Waals surface area contributed by atoms with Crippen molar-refractivity contribution in [3.63, 3.8) is 0 Å². The third-order valence-electron chi connectivity index (χ3n) is 3.26. The fourth-order valence-corrected chi connectivity index (χ4v) is 1.94. The predicted octanol–water partition coefficient (Wildman–Crippen LogP) is 4.03. The van der Waals surface area contributed by atoms with Gasteiger partial charge in [-0.15, -0.1) is 0 Å². The molecule has 0 aromatic heterocycles. The van der Waals surface area contributed by atoms with Crippen LogP contribution in [0.3, 0.4) is 0 Å². The number of nitrogens with zero attached hydrogens (tertiary/aromatic N) is 1. The monoisotopic (exact) mass is 303 g/mol. The number of carbonyl (C=O) groups is 1. The highest BCUT2D eigenvalue weighted by atomic mass is 19.4. The lowest BCUT2D eigenvalue weighted by atomic mass is 10.1. The van der Waals surface area contributed by atoms with E-state index in [2.05, 4.69) is 0 Å². The molecule has 0 aliphatic rings. The molecule has 0 radical (unpaired) electrons. The number of unbranched alkanes of at least 4 members (excludes halogenated alkanes) is 1. The largest absolute Gasteiger partial charge is 0.481 e. The summed E-state index contributed by atoms with van der Waals surface area (Å²) in [6, 6.07) is 4.85. The average molecular weight is 303 g/mol. The summed E-state index contributed by atoms with van der Waals surface area (Å²) in [6.07, 6.45) is -2.58. The van der Waals surface area contributed by atoms with Crippen molar-refractivity contribution in [1.29, 1.82) is 0 Å². The Bertz CT molecular complexity index is 457. The molecule has 0 saturated heterocycles. The third kappa shape index (κ3) is 5.28. The second-order valence-corrected chi connectivity index (χ2v) is 5.08. The number of rotatable bonds is 7. The molecule has 3 nitrogen and oxygen atoms in total. The quantitative estimate of drug-likeness (QED) is 0.826. The molecule has 0 fully saturated rings. The highest BCUT2D eigenvalue weighted by Crippen LogP contribution is 2.30. The first-order valence-electron chi connectivity index (χ1n) is 6.90. The normalized spacial score (nSPS) is 13.0. The van der Waals surface area contributed by atoms with E-state index in [9.17, 15) is 18.0 Å². The fourth-order valence-electron chi connectivity index (χ4n) is 1.94. The lowest BCUT2D eigenvalue weighted by Crippen LogP contribution is -2.32. The molecule has 0 aliphatic heterocycles. The zero-order chi connectivity index (χ0) is 16.0. The van der Waals surface area contributed by atoms with Crippen LogP contribution in [-0.4, -0.2) is 24.2 Å². The average Bonchev–Trinajstić information content (AvgIpc) is 2.42. The van der Waals surface area contributed by atoms with Gasteiger partial charge in [-0.25, -0.2) is 0 Å². The van der Waals surface area contributed by atoms with Gasteiger partial charge in [0, 0.05) is 18.8 Å². The van der Waals surface area contributed by atoms with Crippen LogP contribution in [0.2, 0.25) is 0 Å². The van der Waals surface area contributed by atoms with E-state index in [4.69, 9.17) is 5.11 Å². The summed E-state index contributed by atoms with van der Waals surface area (Å²) in [6.45, 7) is 4.50. The van der Waals surface area contributed by atoms with Gasteiger partial charge in [0.15, 0.2) is 0 Å². The maximum Gasteiger partial charge on any atom is 0.416 e. The smallest absolute Gasteiger partial charge is 0.416 e. The zero-order valence-corrected chi connectivity index (χ0v) is 12.2. The molecule has 1 unspecified atom stereocenters. The summed E-state index contributed by atoms with van der Waals surface area (Å²) in [5.74, 6) is -1.49. The molecule has 0 saturated carbocycles. The Morgan fingerprint density at radius 2 is 1.86 bits per heavy atom. The summed E-state index contributed by atoms with van der Waals surface area (Å²) < 4.78 is 37.6. The van der Waals surface area contributed by atoms with Crippen LogP contribution in [0.25, 0.3) is 0 Å². The fraction of sp³-hybridized carbons (Fsp3) is 0.533. The van der Waals surface area contributed by atoms with Crippen molar-refractivity contribution in [2.75, 3.05) is 18.0 Å². The molecule has 0 bridgehead atoms. The number of carboxylic acids is 1. The first kappa shape index (κ1) is 17.3. The molecule has 0 amide bonds. The van der Waals surface area contributed by atoms with E-state index in [0.29, 0.717) is 12.2 Å². The summed E-state index contributed by atoms with van der Waals surface area (Å²) >= 11 is 0. The van der Waals surface area contributed by atoms with Gasteiger partial charge in [0.05, 0.1) is 11.5 Å². The Morgan fingerprint density at radius 1 is 1.29 bits per heavy atom. The Balaban J connectivity index is 2.89. The van der Waals surface area contributed by atoms with Gasteiger partial charge < -0.3 is 10.0 Å². The minimum Gasteiger partial charge on any atom is -0.481 e.